The Labute approximate surface area is 74.0 Å². The van der Waals surface area contributed by atoms with Gasteiger partial charge in [-0.05, 0) is 19.3 Å². The van der Waals surface area contributed by atoms with Crippen LogP contribution in [0.5, 0.6) is 0 Å². The molecule has 70 valence electrons. The van der Waals surface area contributed by atoms with Crippen molar-refractivity contribution in [2.24, 2.45) is 10.7 Å². The van der Waals surface area contributed by atoms with E-state index in [9.17, 15) is 0 Å². The van der Waals surface area contributed by atoms with Crippen LogP contribution in [0.4, 0.5) is 0 Å². The second kappa shape index (κ2) is 4.45. The number of hydrogen-bond acceptors (Lipinski definition) is 2. The maximum atomic E-state index is 5.65. The normalized spacial score (nSPS) is 31.0. The molecule has 3 nitrogen and oxygen atoms in total. The monoisotopic (exact) mass is 170 g/mol. The Hall–Kier alpha value is -0.570. The molecule has 0 amide bonds. The molecule has 0 aromatic heterocycles. The molecule has 0 aliphatic heterocycles. The molecule has 2 atom stereocenters. The summed E-state index contributed by atoms with van der Waals surface area (Å²) in [7, 11) is 1.76. The molecule has 1 aliphatic rings. The van der Waals surface area contributed by atoms with Gasteiger partial charge in [-0.2, -0.15) is 0 Å². The minimum atomic E-state index is 0.406. The number of rotatable bonds is 3. The fraction of sp³-hybridized carbons (Fsp3) is 0.889. The van der Waals surface area contributed by atoms with Crippen molar-refractivity contribution in [3.8, 4) is 0 Å². The van der Waals surface area contributed by atoms with Gasteiger partial charge in [0.2, 0.25) is 0 Å². The number of aliphatic imine (C=N–C) groups is 1. The average molecular weight is 170 g/mol. The number of methoxy groups -OCH3 is 1. The van der Waals surface area contributed by atoms with E-state index in [0.717, 1.165) is 31.5 Å². The van der Waals surface area contributed by atoms with E-state index in [4.69, 9.17) is 10.5 Å². The zero-order valence-corrected chi connectivity index (χ0v) is 7.92. The fourth-order valence-electron chi connectivity index (χ4n) is 1.57. The van der Waals surface area contributed by atoms with Crippen LogP contribution in [-0.2, 0) is 4.74 Å². The lowest BCUT2D eigenvalue weighted by molar-refractivity contribution is 0.108. The van der Waals surface area contributed by atoms with Gasteiger partial charge in [-0.15, -0.1) is 0 Å². The molecule has 1 aliphatic carbocycles. The molecule has 1 fully saturated rings. The largest absolute Gasteiger partial charge is 0.387 e. The zero-order valence-electron chi connectivity index (χ0n) is 7.92. The van der Waals surface area contributed by atoms with Crippen LogP contribution >= 0.6 is 0 Å². The summed E-state index contributed by atoms with van der Waals surface area (Å²) in [5.41, 5.74) is 5.65. The van der Waals surface area contributed by atoms with Crippen LogP contribution in [0.25, 0.3) is 0 Å². The van der Waals surface area contributed by atoms with E-state index in [-0.39, 0.29) is 0 Å². The Kier molecular flexibility index (Phi) is 3.53. The lowest BCUT2D eigenvalue weighted by Gasteiger charge is -2.06. The van der Waals surface area contributed by atoms with Crippen LogP contribution in [0, 0.1) is 0 Å². The topological polar surface area (TPSA) is 47.6 Å². The van der Waals surface area contributed by atoms with Gasteiger partial charge in [0.05, 0.1) is 18.0 Å². The van der Waals surface area contributed by atoms with Crippen molar-refractivity contribution in [1.29, 1.82) is 0 Å². The Morgan fingerprint density at radius 1 is 1.58 bits per heavy atom. The van der Waals surface area contributed by atoms with Crippen LogP contribution in [0.2, 0.25) is 0 Å². The fourth-order valence-corrected chi connectivity index (χ4v) is 1.57. The Bertz CT molecular complexity index is 168. The number of amidine groups is 1. The van der Waals surface area contributed by atoms with Gasteiger partial charge in [-0.25, -0.2) is 0 Å². The molecule has 12 heavy (non-hydrogen) atoms. The van der Waals surface area contributed by atoms with Gasteiger partial charge in [0, 0.05) is 13.5 Å². The molecule has 0 heterocycles. The van der Waals surface area contributed by atoms with Gasteiger partial charge in [0.15, 0.2) is 0 Å². The summed E-state index contributed by atoms with van der Waals surface area (Å²) in [6.07, 6.45) is 4.55. The zero-order chi connectivity index (χ0) is 8.97. The summed E-state index contributed by atoms with van der Waals surface area (Å²) in [5.74, 6) is 0.775. The summed E-state index contributed by atoms with van der Waals surface area (Å²) in [6.45, 7) is 2.03. The van der Waals surface area contributed by atoms with Crippen molar-refractivity contribution in [1.82, 2.24) is 0 Å². The van der Waals surface area contributed by atoms with Crippen molar-refractivity contribution in [3.05, 3.63) is 0 Å². The van der Waals surface area contributed by atoms with Crippen LogP contribution in [-0.4, -0.2) is 25.1 Å². The van der Waals surface area contributed by atoms with Gasteiger partial charge in [-0.1, -0.05) is 6.92 Å². The van der Waals surface area contributed by atoms with E-state index >= 15 is 0 Å². The molecule has 0 bridgehead atoms. The van der Waals surface area contributed by atoms with E-state index in [0.29, 0.717) is 12.1 Å². The van der Waals surface area contributed by atoms with Crippen molar-refractivity contribution in [2.75, 3.05) is 7.11 Å². The molecule has 1 rings (SSSR count). The maximum Gasteiger partial charge on any atom is 0.0937 e. The summed E-state index contributed by atoms with van der Waals surface area (Å²) in [6, 6.07) is 0.412. The molecule has 2 unspecified atom stereocenters. The number of ether oxygens (including phenoxy) is 1. The lowest BCUT2D eigenvalue weighted by Crippen LogP contribution is -2.14. The highest BCUT2D eigenvalue weighted by atomic mass is 16.5. The Balaban J connectivity index is 2.37. The summed E-state index contributed by atoms with van der Waals surface area (Å²) >= 11 is 0. The second-order valence-corrected chi connectivity index (χ2v) is 3.30. The van der Waals surface area contributed by atoms with Gasteiger partial charge in [-0.3, -0.25) is 4.99 Å². The van der Waals surface area contributed by atoms with Crippen LogP contribution in [0.15, 0.2) is 4.99 Å². The molecular weight excluding hydrogens is 152 g/mol. The van der Waals surface area contributed by atoms with Crippen molar-refractivity contribution >= 4 is 5.84 Å². The van der Waals surface area contributed by atoms with Crippen molar-refractivity contribution in [2.45, 2.75) is 44.8 Å². The van der Waals surface area contributed by atoms with E-state index in [1.54, 1.807) is 7.11 Å². The summed E-state index contributed by atoms with van der Waals surface area (Å²) in [4.78, 5) is 4.41. The molecule has 2 N–H and O–H groups in total. The highest BCUT2D eigenvalue weighted by Crippen LogP contribution is 2.23. The second-order valence-electron chi connectivity index (χ2n) is 3.30. The first-order chi connectivity index (χ1) is 5.76. The summed E-state index contributed by atoms with van der Waals surface area (Å²) < 4.78 is 5.25. The predicted molar refractivity (Wildman–Crippen MR) is 50.3 cm³/mol. The summed E-state index contributed by atoms with van der Waals surface area (Å²) in [5, 5.41) is 0. The van der Waals surface area contributed by atoms with Crippen molar-refractivity contribution < 1.29 is 4.74 Å². The minimum Gasteiger partial charge on any atom is -0.387 e. The molecule has 0 saturated heterocycles. The van der Waals surface area contributed by atoms with Crippen molar-refractivity contribution in [3.63, 3.8) is 0 Å². The van der Waals surface area contributed by atoms with E-state index in [2.05, 4.69) is 4.99 Å². The van der Waals surface area contributed by atoms with Gasteiger partial charge in [0.25, 0.3) is 0 Å². The smallest absolute Gasteiger partial charge is 0.0937 e. The van der Waals surface area contributed by atoms with E-state index in [1.807, 2.05) is 6.92 Å². The van der Waals surface area contributed by atoms with Gasteiger partial charge >= 0.3 is 0 Å². The predicted octanol–water partition coefficient (Wildman–Crippen LogP) is 1.32. The number of nitrogens with two attached hydrogens (primary N) is 1. The molecule has 3 heteroatoms. The van der Waals surface area contributed by atoms with E-state index < -0.39 is 0 Å². The SMILES string of the molecule is CCC(N)=NC1CCC(OC)C1. The highest BCUT2D eigenvalue weighted by Gasteiger charge is 2.23. The molecule has 0 radical (unpaired) electrons. The first-order valence-electron chi connectivity index (χ1n) is 4.61. The third kappa shape index (κ3) is 2.48. The Morgan fingerprint density at radius 3 is 2.83 bits per heavy atom. The average Bonchev–Trinajstić information content (AvgIpc) is 2.52. The highest BCUT2D eigenvalue weighted by molar-refractivity contribution is 5.80. The third-order valence-electron chi connectivity index (χ3n) is 2.40. The molecule has 1 saturated carbocycles. The first kappa shape index (κ1) is 9.52. The molecule has 0 aromatic carbocycles. The standard InChI is InChI=1S/C9H18N2O/c1-3-9(10)11-7-4-5-8(6-7)12-2/h7-8H,3-6H2,1-2H3,(H2,10,11). The molecule has 0 spiro atoms. The van der Waals surface area contributed by atoms with Gasteiger partial charge in [0.1, 0.15) is 0 Å². The lowest BCUT2D eigenvalue weighted by atomic mass is 10.2. The third-order valence-corrected chi connectivity index (χ3v) is 2.40. The van der Waals surface area contributed by atoms with Gasteiger partial charge < -0.3 is 10.5 Å². The quantitative estimate of drug-likeness (QED) is 0.513. The molecule has 0 aromatic rings. The minimum absolute atomic E-state index is 0.406. The maximum absolute atomic E-state index is 5.65. The number of nitrogens with zero attached hydrogens (tertiary/aromatic N) is 1. The van der Waals surface area contributed by atoms with Crippen LogP contribution in [0.1, 0.15) is 32.6 Å². The first-order valence-corrected chi connectivity index (χ1v) is 4.61. The van der Waals surface area contributed by atoms with Crippen LogP contribution < -0.4 is 5.73 Å². The van der Waals surface area contributed by atoms with Crippen LogP contribution in [0.3, 0.4) is 0 Å². The number of hydrogen-bond donors (Lipinski definition) is 1. The van der Waals surface area contributed by atoms with E-state index in [1.165, 1.54) is 0 Å². The Morgan fingerprint density at radius 2 is 2.33 bits per heavy atom. The molecular formula is C9H18N2O.